The van der Waals surface area contributed by atoms with Gasteiger partial charge in [0.05, 0.1) is 6.26 Å². The van der Waals surface area contributed by atoms with Gasteiger partial charge in [0.25, 0.3) is 0 Å². The Balaban J connectivity index is 2.27. The zero-order chi connectivity index (χ0) is 13.1. The van der Waals surface area contributed by atoms with Gasteiger partial charge in [0.15, 0.2) is 17.7 Å². The second-order valence-corrected chi connectivity index (χ2v) is 4.30. The van der Waals surface area contributed by atoms with Crippen molar-refractivity contribution in [3.63, 3.8) is 0 Å². The van der Waals surface area contributed by atoms with E-state index in [0.717, 1.165) is 0 Å². The molecule has 2 N–H and O–H groups in total. The van der Waals surface area contributed by atoms with Crippen LogP contribution < -0.4 is 10.5 Å². The van der Waals surface area contributed by atoms with Gasteiger partial charge >= 0.3 is 0 Å². The molecule has 18 heavy (non-hydrogen) atoms. The zero-order valence-corrected chi connectivity index (χ0v) is 10.4. The first-order valence-corrected chi connectivity index (χ1v) is 5.80. The highest BCUT2D eigenvalue weighted by Crippen LogP contribution is 2.27. The number of ether oxygens (including phenoxy) is 1. The maximum atomic E-state index is 13.9. The van der Waals surface area contributed by atoms with Crippen molar-refractivity contribution in [2.24, 2.45) is 5.73 Å². The van der Waals surface area contributed by atoms with E-state index in [2.05, 4.69) is 0 Å². The topological polar surface area (TPSA) is 48.4 Å². The summed E-state index contributed by atoms with van der Waals surface area (Å²) >= 11 is 0. The predicted octanol–water partition coefficient (Wildman–Crippen LogP) is 3.19. The minimum atomic E-state index is -0.503. The van der Waals surface area contributed by atoms with E-state index in [1.54, 1.807) is 50.4 Å². The van der Waals surface area contributed by atoms with Crippen LogP contribution in [-0.4, -0.2) is 6.04 Å². The van der Waals surface area contributed by atoms with Crippen molar-refractivity contribution >= 4 is 0 Å². The Labute approximate surface area is 105 Å². The van der Waals surface area contributed by atoms with Gasteiger partial charge in [0.2, 0.25) is 0 Å². The summed E-state index contributed by atoms with van der Waals surface area (Å²) in [5.41, 5.74) is 6.39. The summed E-state index contributed by atoms with van der Waals surface area (Å²) in [4.78, 5) is 0. The predicted molar refractivity (Wildman–Crippen MR) is 66.9 cm³/mol. The zero-order valence-electron chi connectivity index (χ0n) is 10.4. The number of benzene rings is 1. The lowest BCUT2D eigenvalue weighted by atomic mass is 10.1. The molecule has 0 bridgehead atoms. The summed E-state index contributed by atoms with van der Waals surface area (Å²) in [6.07, 6.45) is 1.04. The SMILES string of the molecule is Cc1cccc(OC(c2ccco2)C(C)N)c1F. The standard InChI is InChI=1S/C14H16FNO2/c1-9-5-3-6-11(13(9)15)18-14(10(2)16)12-7-4-8-17-12/h3-8,10,14H,16H2,1-2H3. The van der Waals surface area contributed by atoms with Gasteiger partial charge in [-0.3, -0.25) is 0 Å². The molecule has 3 nitrogen and oxygen atoms in total. The lowest BCUT2D eigenvalue weighted by Crippen LogP contribution is -2.29. The number of aryl methyl sites for hydroxylation is 1. The molecular formula is C14H16FNO2. The normalized spacial score (nSPS) is 14.2. The summed E-state index contributed by atoms with van der Waals surface area (Å²) < 4.78 is 24.8. The van der Waals surface area contributed by atoms with Crippen LogP contribution in [-0.2, 0) is 0 Å². The number of rotatable bonds is 4. The Morgan fingerprint density at radius 2 is 2.06 bits per heavy atom. The third-order valence-corrected chi connectivity index (χ3v) is 2.71. The number of nitrogens with two attached hydrogens (primary N) is 1. The lowest BCUT2D eigenvalue weighted by Gasteiger charge is -2.21. The van der Waals surface area contributed by atoms with Crippen LogP contribution in [0.3, 0.4) is 0 Å². The monoisotopic (exact) mass is 249 g/mol. The maximum Gasteiger partial charge on any atom is 0.171 e. The van der Waals surface area contributed by atoms with Gasteiger partial charge in [-0.25, -0.2) is 4.39 Å². The van der Waals surface area contributed by atoms with E-state index < -0.39 is 6.10 Å². The molecule has 0 amide bonds. The van der Waals surface area contributed by atoms with Crippen LogP contribution in [0, 0.1) is 12.7 Å². The Kier molecular flexibility index (Phi) is 3.67. The molecule has 96 valence electrons. The van der Waals surface area contributed by atoms with E-state index in [1.165, 1.54) is 0 Å². The fourth-order valence-electron chi connectivity index (χ4n) is 1.73. The summed E-state index contributed by atoms with van der Waals surface area (Å²) in [5.74, 6) is 0.411. The van der Waals surface area contributed by atoms with Crippen LogP contribution in [0.15, 0.2) is 41.0 Å². The molecule has 2 unspecified atom stereocenters. The van der Waals surface area contributed by atoms with Crippen LogP contribution in [0.1, 0.15) is 24.4 Å². The third-order valence-electron chi connectivity index (χ3n) is 2.71. The molecule has 0 aliphatic heterocycles. The molecule has 1 aromatic carbocycles. The molecule has 2 aromatic rings. The number of halogens is 1. The molecule has 0 aliphatic carbocycles. The molecule has 0 aliphatic rings. The van der Waals surface area contributed by atoms with Gasteiger partial charge in [0, 0.05) is 6.04 Å². The average Bonchev–Trinajstić information content (AvgIpc) is 2.84. The van der Waals surface area contributed by atoms with E-state index in [-0.39, 0.29) is 17.6 Å². The second kappa shape index (κ2) is 5.23. The van der Waals surface area contributed by atoms with E-state index in [1.807, 2.05) is 0 Å². The van der Waals surface area contributed by atoms with E-state index in [4.69, 9.17) is 14.9 Å². The summed E-state index contributed by atoms with van der Waals surface area (Å²) in [5, 5.41) is 0. The van der Waals surface area contributed by atoms with Crippen LogP contribution in [0.4, 0.5) is 4.39 Å². The fourth-order valence-corrected chi connectivity index (χ4v) is 1.73. The van der Waals surface area contributed by atoms with Gasteiger partial charge < -0.3 is 14.9 Å². The van der Waals surface area contributed by atoms with Crippen molar-refractivity contribution in [1.29, 1.82) is 0 Å². The lowest BCUT2D eigenvalue weighted by molar-refractivity contribution is 0.146. The van der Waals surface area contributed by atoms with E-state index in [0.29, 0.717) is 11.3 Å². The second-order valence-electron chi connectivity index (χ2n) is 4.30. The summed E-state index contributed by atoms with van der Waals surface area (Å²) in [6.45, 7) is 3.48. The highest BCUT2D eigenvalue weighted by molar-refractivity contribution is 5.30. The molecule has 2 atom stereocenters. The molecule has 0 saturated heterocycles. The Morgan fingerprint density at radius 1 is 1.28 bits per heavy atom. The van der Waals surface area contributed by atoms with Gasteiger partial charge in [-0.15, -0.1) is 0 Å². The molecule has 1 aromatic heterocycles. The van der Waals surface area contributed by atoms with Crippen LogP contribution in [0.2, 0.25) is 0 Å². The van der Waals surface area contributed by atoms with Crippen molar-refractivity contribution < 1.29 is 13.5 Å². The molecule has 2 rings (SSSR count). The summed E-state index contributed by atoms with van der Waals surface area (Å²) in [6, 6.07) is 8.23. The minimum absolute atomic E-state index is 0.189. The average molecular weight is 249 g/mol. The van der Waals surface area contributed by atoms with E-state index in [9.17, 15) is 4.39 Å². The molecular weight excluding hydrogens is 233 g/mol. The van der Waals surface area contributed by atoms with Gasteiger partial charge in [-0.1, -0.05) is 12.1 Å². The smallest absolute Gasteiger partial charge is 0.171 e. The third kappa shape index (κ3) is 2.54. The quantitative estimate of drug-likeness (QED) is 0.905. The Hall–Kier alpha value is -1.81. The van der Waals surface area contributed by atoms with Crippen LogP contribution in [0.5, 0.6) is 5.75 Å². The van der Waals surface area contributed by atoms with Crippen molar-refractivity contribution in [3.8, 4) is 5.75 Å². The fraction of sp³-hybridized carbons (Fsp3) is 0.286. The van der Waals surface area contributed by atoms with Crippen LogP contribution >= 0.6 is 0 Å². The molecule has 1 heterocycles. The number of hydrogen-bond acceptors (Lipinski definition) is 3. The van der Waals surface area contributed by atoms with Crippen molar-refractivity contribution in [3.05, 3.63) is 53.7 Å². The highest BCUT2D eigenvalue weighted by atomic mass is 19.1. The van der Waals surface area contributed by atoms with Gasteiger partial charge in [0.1, 0.15) is 5.76 Å². The largest absolute Gasteiger partial charge is 0.478 e. The minimum Gasteiger partial charge on any atom is -0.478 e. The molecule has 0 spiro atoms. The van der Waals surface area contributed by atoms with Crippen molar-refractivity contribution in [2.75, 3.05) is 0 Å². The van der Waals surface area contributed by atoms with Gasteiger partial charge in [-0.05, 0) is 37.6 Å². The molecule has 0 saturated carbocycles. The first kappa shape index (κ1) is 12.6. The Bertz CT molecular complexity index is 509. The molecule has 4 heteroatoms. The van der Waals surface area contributed by atoms with Crippen molar-refractivity contribution in [1.82, 2.24) is 0 Å². The molecule has 0 fully saturated rings. The van der Waals surface area contributed by atoms with E-state index >= 15 is 0 Å². The first-order valence-electron chi connectivity index (χ1n) is 5.80. The highest BCUT2D eigenvalue weighted by Gasteiger charge is 2.22. The number of furan rings is 1. The number of hydrogen-bond donors (Lipinski definition) is 1. The van der Waals surface area contributed by atoms with Crippen LogP contribution in [0.25, 0.3) is 0 Å². The summed E-state index contributed by atoms with van der Waals surface area (Å²) in [7, 11) is 0. The first-order chi connectivity index (χ1) is 8.59. The van der Waals surface area contributed by atoms with Crippen molar-refractivity contribution in [2.45, 2.75) is 26.0 Å². The molecule has 0 radical (unpaired) electrons. The Morgan fingerprint density at radius 3 is 2.67 bits per heavy atom. The maximum absolute atomic E-state index is 13.9. The van der Waals surface area contributed by atoms with Gasteiger partial charge in [-0.2, -0.15) is 0 Å².